The standard InChI is InChI=1S/C9H14F3N3O/c1-15-6-4-14-8(15)2-3-13-5-7-16-9(10,11)12/h4,6,13H,2-3,5,7H2,1H3. The van der Waals surface area contributed by atoms with Crippen LogP contribution in [0, 0.1) is 0 Å². The number of hydrogen-bond donors (Lipinski definition) is 1. The molecule has 0 fully saturated rings. The zero-order valence-corrected chi connectivity index (χ0v) is 8.92. The average Bonchev–Trinajstić information content (AvgIpc) is 2.56. The molecule has 0 amide bonds. The number of alkyl halides is 3. The van der Waals surface area contributed by atoms with Gasteiger partial charge in [-0.25, -0.2) is 4.98 Å². The number of imidazole rings is 1. The van der Waals surface area contributed by atoms with Crippen molar-refractivity contribution in [3.05, 3.63) is 18.2 Å². The van der Waals surface area contributed by atoms with E-state index in [4.69, 9.17) is 0 Å². The molecule has 16 heavy (non-hydrogen) atoms. The number of aromatic nitrogens is 2. The normalized spacial score (nSPS) is 12.0. The van der Waals surface area contributed by atoms with Crippen molar-refractivity contribution in [2.24, 2.45) is 7.05 Å². The molecule has 1 heterocycles. The van der Waals surface area contributed by atoms with Crippen molar-refractivity contribution in [2.45, 2.75) is 12.8 Å². The van der Waals surface area contributed by atoms with Crippen LogP contribution in [0.3, 0.4) is 0 Å². The molecular weight excluding hydrogens is 223 g/mol. The molecule has 0 saturated heterocycles. The Morgan fingerprint density at radius 1 is 1.44 bits per heavy atom. The van der Waals surface area contributed by atoms with Gasteiger partial charge in [0.2, 0.25) is 0 Å². The van der Waals surface area contributed by atoms with Gasteiger partial charge in [-0.3, -0.25) is 4.74 Å². The van der Waals surface area contributed by atoms with Gasteiger partial charge in [0.05, 0.1) is 6.61 Å². The molecule has 0 spiro atoms. The molecule has 1 aromatic heterocycles. The highest BCUT2D eigenvalue weighted by Crippen LogP contribution is 2.14. The summed E-state index contributed by atoms with van der Waals surface area (Å²) in [6.07, 6.45) is -0.360. The van der Waals surface area contributed by atoms with Crippen molar-refractivity contribution >= 4 is 0 Å². The summed E-state index contributed by atoms with van der Waals surface area (Å²) in [4.78, 5) is 4.08. The number of nitrogens with one attached hydrogen (secondary N) is 1. The first-order valence-corrected chi connectivity index (χ1v) is 4.86. The summed E-state index contributed by atoms with van der Waals surface area (Å²) in [5.74, 6) is 0.893. The van der Waals surface area contributed by atoms with Crippen molar-refractivity contribution in [1.29, 1.82) is 0 Å². The summed E-state index contributed by atoms with van der Waals surface area (Å²) < 4.78 is 40.2. The molecule has 0 unspecified atom stereocenters. The summed E-state index contributed by atoms with van der Waals surface area (Å²) >= 11 is 0. The van der Waals surface area contributed by atoms with Crippen LogP contribution in [0.1, 0.15) is 5.82 Å². The molecule has 0 bridgehead atoms. The van der Waals surface area contributed by atoms with Crippen LogP contribution in [-0.4, -0.2) is 35.6 Å². The van der Waals surface area contributed by atoms with E-state index >= 15 is 0 Å². The molecular formula is C9H14F3N3O. The maximum absolute atomic E-state index is 11.6. The third kappa shape index (κ3) is 5.13. The van der Waals surface area contributed by atoms with Crippen molar-refractivity contribution in [3.63, 3.8) is 0 Å². The summed E-state index contributed by atoms with van der Waals surface area (Å²) in [6, 6.07) is 0. The molecule has 7 heteroatoms. The maximum atomic E-state index is 11.6. The van der Waals surface area contributed by atoms with Gasteiger partial charge in [0.15, 0.2) is 0 Å². The van der Waals surface area contributed by atoms with Crippen molar-refractivity contribution in [1.82, 2.24) is 14.9 Å². The first-order chi connectivity index (χ1) is 7.49. The highest BCUT2D eigenvalue weighted by molar-refractivity contribution is 4.91. The maximum Gasteiger partial charge on any atom is 0.522 e. The quantitative estimate of drug-likeness (QED) is 0.753. The molecule has 1 aromatic rings. The molecule has 0 aliphatic rings. The van der Waals surface area contributed by atoms with Gasteiger partial charge in [-0.2, -0.15) is 0 Å². The molecule has 0 aliphatic carbocycles. The Morgan fingerprint density at radius 2 is 2.19 bits per heavy atom. The highest BCUT2D eigenvalue weighted by Gasteiger charge is 2.28. The Labute approximate surface area is 91.4 Å². The molecule has 0 atom stereocenters. The van der Waals surface area contributed by atoms with Gasteiger partial charge >= 0.3 is 6.36 Å². The fraction of sp³-hybridized carbons (Fsp3) is 0.667. The van der Waals surface area contributed by atoms with Crippen LogP contribution >= 0.6 is 0 Å². The van der Waals surface area contributed by atoms with E-state index in [0.29, 0.717) is 13.0 Å². The lowest BCUT2D eigenvalue weighted by molar-refractivity contribution is -0.323. The highest BCUT2D eigenvalue weighted by atomic mass is 19.4. The summed E-state index contributed by atoms with van der Waals surface area (Å²) in [7, 11) is 1.87. The minimum Gasteiger partial charge on any atom is -0.338 e. The first-order valence-electron chi connectivity index (χ1n) is 4.86. The monoisotopic (exact) mass is 237 g/mol. The van der Waals surface area contributed by atoms with Crippen LogP contribution < -0.4 is 5.32 Å². The predicted octanol–water partition coefficient (Wildman–Crippen LogP) is 1.09. The second-order valence-electron chi connectivity index (χ2n) is 3.25. The van der Waals surface area contributed by atoms with Crippen LogP contribution in [0.2, 0.25) is 0 Å². The largest absolute Gasteiger partial charge is 0.522 e. The third-order valence-electron chi connectivity index (χ3n) is 1.99. The van der Waals surface area contributed by atoms with E-state index < -0.39 is 6.36 Å². The van der Waals surface area contributed by atoms with Gasteiger partial charge in [-0.15, -0.1) is 13.2 Å². The zero-order chi connectivity index (χ0) is 12.0. The molecule has 1 rings (SSSR count). The SMILES string of the molecule is Cn1ccnc1CCNCCOC(F)(F)F. The third-order valence-corrected chi connectivity index (χ3v) is 1.99. The van der Waals surface area contributed by atoms with Crippen molar-refractivity contribution < 1.29 is 17.9 Å². The summed E-state index contributed by atoms with van der Waals surface area (Å²) in [5, 5.41) is 2.85. The lowest BCUT2D eigenvalue weighted by atomic mass is 10.4. The van der Waals surface area contributed by atoms with E-state index in [-0.39, 0.29) is 13.2 Å². The second kappa shape index (κ2) is 5.86. The average molecular weight is 237 g/mol. The Kier molecular flexibility index (Phi) is 4.75. The Hall–Kier alpha value is -1.08. The van der Waals surface area contributed by atoms with Gasteiger partial charge in [0, 0.05) is 39.0 Å². The van der Waals surface area contributed by atoms with Crippen LogP contribution in [0.4, 0.5) is 13.2 Å². The first kappa shape index (κ1) is 13.0. The van der Waals surface area contributed by atoms with Gasteiger partial charge < -0.3 is 9.88 Å². The summed E-state index contributed by atoms with van der Waals surface area (Å²) in [6.45, 7) is 0.375. The Balaban J connectivity index is 2.03. The Bertz CT molecular complexity index is 311. The predicted molar refractivity (Wildman–Crippen MR) is 51.8 cm³/mol. The van der Waals surface area contributed by atoms with Gasteiger partial charge in [-0.05, 0) is 0 Å². The molecule has 4 nitrogen and oxygen atoms in total. The fourth-order valence-corrected chi connectivity index (χ4v) is 1.20. The van der Waals surface area contributed by atoms with Crippen LogP contribution in [0.25, 0.3) is 0 Å². The number of aryl methyl sites for hydroxylation is 1. The lowest BCUT2D eigenvalue weighted by Gasteiger charge is -2.08. The minimum atomic E-state index is -4.54. The topological polar surface area (TPSA) is 39.1 Å². The molecule has 1 N–H and O–H groups in total. The summed E-state index contributed by atoms with van der Waals surface area (Å²) in [5.41, 5.74) is 0. The van der Waals surface area contributed by atoms with Crippen LogP contribution in [-0.2, 0) is 18.2 Å². The molecule has 92 valence electrons. The van der Waals surface area contributed by atoms with E-state index in [1.807, 2.05) is 17.8 Å². The minimum absolute atomic E-state index is 0.171. The number of ether oxygens (including phenoxy) is 1. The van der Waals surface area contributed by atoms with E-state index in [2.05, 4.69) is 15.0 Å². The second-order valence-corrected chi connectivity index (χ2v) is 3.25. The van der Waals surface area contributed by atoms with Crippen LogP contribution in [0.15, 0.2) is 12.4 Å². The number of halogens is 3. The van der Waals surface area contributed by atoms with Gasteiger partial charge in [0.25, 0.3) is 0 Å². The zero-order valence-electron chi connectivity index (χ0n) is 8.92. The van der Waals surface area contributed by atoms with Gasteiger partial charge in [0.1, 0.15) is 5.82 Å². The van der Waals surface area contributed by atoms with E-state index in [1.165, 1.54) is 0 Å². The van der Waals surface area contributed by atoms with Gasteiger partial charge in [-0.1, -0.05) is 0 Å². The van der Waals surface area contributed by atoms with E-state index in [0.717, 1.165) is 5.82 Å². The number of hydrogen-bond acceptors (Lipinski definition) is 3. The van der Waals surface area contributed by atoms with Crippen molar-refractivity contribution in [3.8, 4) is 0 Å². The van der Waals surface area contributed by atoms with Crippen molar-refractivity contribution in [2.75, 3.05) is 19.7 Å². The smallest absolute Gasteiger partial charge is 0.338 e. The molecule has 0 saturated carbocycles. The lowest BCUT2D eigenvalue weighted by Crippen LogP contribution is -2.26. The fourth-order valence-electron chi connectivity index (χ4n) is 1.20. The molecule has 0 aromatic carbocycles. The van der Waals surface area contributed by atoms with E-state index in [9.17, 15) is 13.2 Å². The molecule has 0 aliphatic heterocycles. The van der Waals surface area contributed by atoms with Crippen LogP contribution in [0.5, 0.6) is 0 Å². The number of nitrogens with zero attached hydrogens (tertiary/aromatic N) is 2. The Morgan fingerprint density at radius 3 is 2.75 bits per heavy atom. The van der Waals surface area contributed by atoms with E-state index in [1.54, 1.807) is 6.20 Å². The molecule has 0 radical (unpaired) electrons. The number of rotatable bonds is 6.